The summed E-state index contributed by atoms with van der Waals surface area (Å²) in [5.74, 6) is 0. The maximum Gasteiger partial charge on any atom is 0.327 e. The number of hydrogen-bond acceptors (Lipinski definition) is 3. The van der Waals surface area contributed by atoms with E-state index in [2.05, 4.69) is 15.1 Å². The van der Waals surface area contributed by atoms with Gasteiger partial charge in [-0.15, -0.1) is 0 Å². The van der Waals surface area contributed by atoms with Crippen LogP contribution >= 0.6 is 11.6 Å². The van der Waals surface area contributed by atoms with E-state index < -0.39 is 0 Å². The van der Waals surface area contributed by atoms with E-state index >= 15 is 0 Å². The summed E-state index contributed by atoms with van der Waals surface area (Å²) in [5.41, 5.74) is 1.63. The molecule has 19 heavy (non-hydrogen) atoms. The molecule has 1 N–H and O–H groups in total. The van der Waals surface area contributed by atoms with E-state index in [4.69, 9.17) is 11.6 Å². The molecule has 0 saturated carbocycles. The van der Waals surface area contributed by atoms with E-state index in [9.17, 15) is 4.79 Å². The number of imidazole rings is 1. The van der Waals surface area contributed by atoms with Crippen molar-refractivity contribution in [3.63, 3.8) is 0 Å². The molecule has 0 atom stereocenters. The van der Waals surface area contributed by atoms with Gasteiger partial charge in [-0.3, -0.25) is 9.55 Å². The second-order valence-electron chi connectivity index (χ2n) is 4.50. The lowest BCUT2D eigenvalue weighted by atomic mass is 10.3. The fourth-order valence-corrected chi connectivity index (χ4v) is 2.39. The molecule has 0 aliphatic heterocycles. The molecule has 0 amide bonds. The molecule has 0 unspecified atom stereocenters. The Hall–Kier alpha value is -2.08. The summed E-state index contributed by atoms with van der Waals surface area (Å²) >= 11 is 6.23. The minimum Gasteiger partial charge on any atom is -0.290 e. The number of nitrogens with one attached hydrogen (secondary N) is 1. The molecule has 0 aliphatic rings. The Morgan fingerprint density at radius 1 is 1.42 bits per heavy atom. The SMILES string of the molecule is CC(C)n1c(=O)[nH]c2ncc(Cl)c(-n3cccn3)c21. The lowest BCUT2D eigenvalue weighted by Crippen LogP contribution is -2.19. The van der Waals surface area contributed by atoms with Gasteiger partial charge in [0.05, 0.1) is 11.2 Å². The van der Waals surface area contributed by atoms with E-state index in [0.717, 1.165) is 0 Å². The van der Waals surface area contributed by atoms with Gasteiger partial charge in [0.25, 0.3) is 0 Å². The second kappa shape index (κ2) is 4.24. The number of fused-ring (bicyclic) bond motifs is 1. The molecular weight excluding hydrogens is 266 g/mol. The number of aromatic nitrogens is 5. The molecule has 7 heteroatoms. The molecule has 3 rings (SSSR count). The largest absolute Gasteiger partial charge is 0.327 e. The Labute approximate surface area is 113 Å². The van der Waals surface area contributed by atoms with Gasteiger partial charge in [-0.1, -0.05) is 11.6 Å². The van der Waals surface area contributed by atoms with Gasteiger partial charge in [-0.25, -0.2) is 14.5 Å². The van der Waals surface area contributed by atoms with Gasteiger partial charge in [0.1, 0.15) is 11.2 Å². The molecule has 3 aromatic heterocycles. The minimum atomic E-state index is -0.201. The van der Waals surface area contributed by atoms with Gasteiger partial charge in [0.2, 0.25) is 0 Å². The third-order valence-electron chi connectivity index (χ3n) is 2.92. The van der Waals surface area contributed by atoms with Crippen LogP contribution in [0.3, 0.4) is 0 Å². The number of halogens is 1. The molecule has 98 valence electrons. The standard InChI is InChI=1S/C12H12ClN5O/c1-7(2)18-10-9(17-5-3-4-15-17)8(13)6-14-11(10)16-12(18)19/h3-7H,1-2H3,(H,14,16,19). The fraction of sp³-hybridized carbons (Fsp3) is 0.250. The lowest BCUT2D eigenvalue weighted by molar-refractivity contribution is 0.596. The summed E-state index contributed by atoms with van der Waals surface area (Å²) < 4.78 is 3.27. The van der Waals surface area contributed by atoms with E-state index in [1.54, 1.807) is 27.7 Å². The molecule has 0 aliphatic carbocycles. The van der Waals surface area contributed by atoms with Crippen LogP contribution in [0.1, 0.15) is 19.9 Å². The zero-order valence-electron chi connectivity index (χ0n) is 10.5. The van der Waals surface area contributed by atoms with Crippen LogP contribution in [-0.2, 0) is 0 Å². The van der Waals surface area contributed by atoms with Crippen molar-refractivity contribution in [2.75, 3.05) is 0 Å². The van der Waals surface area contributed by atoms with Crippen LogP contribution in [0.2, 0.25) is 5.02 Å². The van der Waals surface area contributed by atoms with Gasteiger partial charge in [0.15, 0.2) is 5.65 Å². The summed E-state index contributed by atoms with van der Waals surface area (Å²) in [4.78, 5) is 18.9. The summed E-state index contributed by atoms with van der Waals surface area (Å²) in [6.07, 6.45) is 4.96. The highest BCUT2D eigenvalue weighted by molar-refractivity contribution is 6.33. The second-order valence-corrected chi connectivity index (χ2v) is 4.90. The highest BCUT2D eigenvalue weighted by atomic mass is 35.5. The summed E-state index contributed by atoms with van der Waals surface area (Å²) in [6, 6.07) is 1.79. The van der Waals surface area contributed by atoms with Crippen LogP contribution in [0.4, 0.5) is 0 Å². The first kappa shape index (κ1) is 12.0. The highest BCUT2D eigenvalue weighted by Crippen LogP contribution is 2.27. The Balaban J connectivity index is 2.49. The number of aromatic amines is 1. The van der Waals surface area contributed by atoms with Crippen LogP contribution < -0.4 is 5.69 Å². The molecule has 0 spiro atoms. The third-order valence-corrected chi connectivity index (χ3v) is 3.19. The lowest BCUT2D eigenvalue weighted by Gasteiger charge is -2.11. The molecule has 3 aromatic rings. The molecule has 0 radical (unpaired) electrons. The van der Waals surface area contributed by atoms with Crippen molar-refractivity contribution in [1.82, 2.24) is 24.3 Å². The maximum absolute atomic E-state index is 12.0. The number of nitrogens with zero attached hydrogens (tertiary/aromatic N) is 4. The Morgan fingerprint density at radius 2 is 2.21 bits per heavy atom. The van der Waals surface area contributed by atoms with Gasteiger partial charge in [-0.2, -0.15) is 5.10 Å². The van der Waals surface area contributed by atoms with Gasteiger partial charge >= 0.3 is 5.69 Å². The first-order valence-electron chi connectivity index (χ1n) is 5.88. The number of hydrogen-bond donors (Lipinski definition) is 1. The Kier molecular flexibility index (Phi) is 2.67. The topological polar surface area (TPSA) is 68.5 Å². The Morgan fingerprint density at radius 3 is 2.84 bits per heavy atom. The molecule has 3 heterocycles. The predicted octanol–water partition coefficient (Wildman–Crippen LogP) is 2.14. The molecule has 0 saturated heterocycles. The fourth-order valence-electron chi connectivity index (χ4n) is 2.16. The molecule has 0 bridgehead atoms. The summed E-state index contributed by atoms with van der Waals surface area (Å²) in [5, 5.41) is 4.63. The van der Waals surface area contributed by atoms with Crippen molar-refractivity contribution in [1.29, 1.82) is 0 Å². The molecular formula is C12H12ClN5O. The van der Waals surface area contributed by atoms with E-state index in [1.165, 1.54) is 6.20 Å². The monoisotopic (exact) mass is 277 g/mol. The third kappa shape index (κ3) is 1.76. The van der Waals surface area contributed by atoms with Crippen molar-refractivity contribution >= 4 is 22.8 Å². The van der Waals surface area contributed by atoms with Crippen LogP contribution in [0.5, 0.6) is 0 Å². The molecule has 0 fully saturated rings. The van der Waals surface area contributed by atoms with Crippen molar-refractivity contribution in [2.24, 2.45) is 0 Å². The van der Waals surface area contributed by atoms with Crippen LogP contribution in [0, 0.1) is 0 Å². The minimum absolute atomic E-state index is 0.00386. The number of rotatable bonds is 2. The molecule has 6 nitrogen and oxygen atoms in total. The molecule has 0 aromatic carbocycles. The Bertz CT molecular complexity index is 784. The van der Waals surface area contributed by atoms with Crippen molar-refractivity contribution < 1.29 is 0 Å². The van der Waals surface area contributed by atoms with Crippen LogP contribution in [0.15, 0.2) is 29.5 Å². The first-order chi connectivity index (χ1) is 9.09. The average Bonchev–Trinajstić information content (AvgIpc) is 2.95. The van der Waals surface area contributed by atoms with Crippen molar-refractivity contribution in [2.45, 2.75) is 19.9 Å². The van der Waals surface area contributed by atoms with Gasteiger partial charge in [-0.05, 0) is 19.9 Å². The van der Waals surface area contributed by atoms with E-state index in [0.29, 0.717) is 21.9 Å². The smallest absolute Gasteiger partial charge is 0.290 e. The van der Waals surface area contributed by atoms with Crippen molar-refractivity contribution in [3.05, 3.63) is 40.2 Å². The quantitative estimate of drug-likeness (QED) is 0.780. The first-order valence-corrected chi connectivity index (χ1v) is 6.26. The van der Waals surface area contributed by atoms with Crippen LogP contribution in [-0.4, -0.2) is 24.3 Å². The van der Waals surface area contributed by atoms with Crippen LogP contribution in [0.25, 0.3) is 16.9 Å². The number of pyridine rings is 1. The summed E-state index contributed by atoms with van der Waals surface area (Å²) in [6.45, 7) is 3.87. The average molecular weight is 278 g/mol. The predicted molar refractivity (Wildman–Crippen MR) is 72.9 cm³/mol. The zero-order valence-corrected chi connectivity index (χ0v) is 11.2. The van der Waals surface area contributed by atoms with E-state index in [-0.39, 0.29) is 11.7 Å². The number of H-pyrrole nitrogens is 1. The summed E-state index contributed by atoms with van der Waals surface area (Å²) in [7, 11) is 0. The zero-order chi connectivity index (χ0) is 13.6. The highest BCUT2D eigenvalue weighted by Gasteiger charge is 2.18. The van der Waals surface area contributed by atoms with Crippen molar-refractivity contribution in [3.8, 4) is 5.69 Å². The van der Waals surface area contributed by atoms with E-state index in [1.807, 2.05) is 13.8 Å². The van der Waals surface area contributed by atoms with Gasteiger partial charge < -0.3 is 0 Å². The maximum atomic E-state index is 12.0. The van der Waals surface area contributed by atoms with Gasteiger partial charge in [0, 0.05) is 18.4 Å². The normalized spacial score (nSPS) is 11.6.